The summed E-state index contributed by atoms with van der Waals surface area (Å²) in [7, 11) is 0. The molecule has 1 aliphatic heterocycles. The van der Waals surface area contributed by atoms with Crippen molar-refractivity contribution in [1.82, 2.24) is 15.5 Å². The number of alkyl carbamates (subject to hydrolysis) is 1. The molecule has 1 heterocycles. The van der Waals surface area contributed by atoms with Crippen molar-refractivity contribution >= 4 is 17.9 Å². The molecule has 2 N–H and O–H groups in total. The SMILES string of the molecule is Cc1ccc(C)c(OCCCCC(=O)N2CCCC(C(=O)NCCNC(=O)OC(C)(C)C)C2)c1. The molecule has 3 amide bonds. The van der Waals surface area contributed by atoms with Crippen LogP contribution in [0.15, 0.2) is 18.2 Å². The predicted octanol–water partition coefficient (Wildman–Crippen LogP) is 3.73. The molecular weight excluding hydrogens is 434 g/mol. The van der Waals surface area contributed by atoms with Gasteiger partial charge in [-0.2, -0.15) is 0 Å². The molecule has 8 heteroatoms. The number of amides is 3. The number of unbranched alkanes of at least 4 members (excludes halogenated alkanes) is 1. The molecular formula is C26H41N3O5. The van der Waals surface area contributed by atoms with Crippen molar-refractivity contribution in [2.24, 2.45) is 5.92 Å². The van der Waals surface area contributed by atoms with Gasteiger partial charge in [-0.25, -0.2) is 4.79 Å². The van der Waals surface area contributed by atoms with Crippen LogP contribution >= 0.6 is 0 Å². The summed E-state index contributed by atoms with van der Waals surface area (Å²) in [6.07, 6.45) is 3.10. The second-order valence-corrected chi connectivity index (χ2v) is 9.97. The van der Waals surface area contributed by atoms with Crippen LogP contribution in [0.2, 0.25) is 0 Å². The fourth-order valence-electron chi connectivity index (χ4n) is 3.81. The molecule has 190 valence electrons. The molecule has 1 saturated heterocycles. The maximum absolute atomic E-state index is 12.6. The first kappa shape index (κ1) is 27.5. The van der Waals surface area contributed by atoms with Gasteiger partial charge >= 0.3 is 6.09 Å². The van der Waals surface area contributed by atoms with Gasteiger partial charge in [-0.3, -0.25) is 9.59 Å². The van der Waals surface area contributed by atoms with Gasteiger partial charge in [0.05, 0.1) is 12.5 Å². The van der Waals surface area contributed by atoms with Gasteiger partial charge in [0.15, 0.2) is 0 Å². The van der Waals surface area contributed by atoms with Gasteiger partial charge < -0.3 is 25.0 Å². The Balaban J connectivity index is 1.63. The third-order valence-corrected chi connectivity index (χ3v) is 5.62. The van der Waals surface area contributed by atoms with E-state index in [1.165, 1.54) is 5.56 Å². The van der Waals surface area contributed by atoms with Crippen LogP contribution in [0.25, 0.3) is 0 Å². The fourth-order valence-corrected chi connectivity index (χ4v) is 3.81. The summed E-state index contributed by atoms with van der Waals surface area (Å²) in [5, 5.41) is 5.47. The van der Waals surface area contributed by atoms with E-state index in [4.69, 9.17) is 9.47 Å². The number of nitrogens with one attached hydrogen (secondary N) is 2. The number of benzene rings is 1. The quantitative estimate of drug-likeness (QED) is 0.503. The zero-order valence-corrected chi connectivity index (χ0v) is 21.4. The minimum absolute atomic E-state index is 0.0783. The second-order valence-electron chi connectivity index (χ2n) is 9.97. The van der Waals surface area contributed by atoms with E-state index in [1.807, 2.05) is 19.9 Å². The molecule has 34 heavy (non-hydrogen) atoms. The Kier molecular flexibility index (Phi) is 10.7. The summed E-state index contributed by atoms with van der Waals surface area (Å²) < 4.78 is 11.0. The Bertz CT molecular complexity index is 834. The van der Waals surface area contributed by atoms with Crippen molar-refractivity contribution in [3.05, 3.63) is 29.3 Å². The van der Waals surface area contributed by atoms with E-state index in [0.29, 0.717) is 39.2 Å². The zero-order chi connectivity index (χ0) is 25.1. The Morgan fingerprint density at radius 2 is 1.82 bits per heavy atom. The number of carbonyl (C=O) groups excluding carboxylic acids is 3. The first-order valence-electron chi connectivity index (χ1n) is 12.3. The fraction of sp³-hybridized carbons (Fsp3) is 0.654. The largest absolute Gasteiger partial charge is 0.493 e. The maximum Gasteiger partial charge on any atom is 0.407 e. The Labute approximate surface area is 203 Å². The smallest absolute Gasteiger partial charge is 0.407 e. The Morgan fingerprint density at radius 1 is 1.09 bits per heavy atom. The number of ether oxygens (including phenoxy) is 2. The first-order valence-corrected chi connectivity index (χ1v) is 12.3. The number of rotatable bonds is 10. The number of carbonyl (C=O) groups is 3. The van der Waals surface area contributed by atoms with Crippen LogP contribution in [0.5, 0.6) is 5.75 Å². The highest BCUT2D eigenvalue weighted by Gasteiger charge is 2.28. The lowest BCUT2D eigenvalue weighted by Crippen LogP contribution is -2.46. The number of likely N-dealkylation sites (tertiary alicyclic amines) is 1. The molecule has 0 aromatic heterocycles. The summed E-state index contributed by atoms with van der Waals surface area (Å²) >= 11 is 0. The van der Waals surface area contributed by atoms with Crippen molar-refractivity contribution in [2.45, 2.75) is 72.3 Å². The zero-order valence-electron chi connectivity index (χ0n) is 21.4. The van der Waals surface area contributed by atoms with E-state index in [-0.39, 0.29) is 17.7 Å². The molecule has 0 saturated carbocycles. The number of hydrogen-bond acceptors (Lipinski definition) is 5. The molecule has 2 rings (SSSR count). The van der Waals surface area contributed by atoms with Crippen LogP contribution < -0.4 is 15.4 Å². The van der Waals surface area contributed by atoms with E-state index in [1.54, 1.807) is 25.7 Å². The number of piperidine rings is 1. The van der Waals surface area contributed by atoms with E-state index < -0.39 is 11.7 Å². The Hall–Kier alpha value is -2.77. The molecule has 1 unspecified atom stereocenters. The predicted molar refractivity (Wildman–Crippen MR) is 132 cm³/mol. The van der Waals surface area contributed by atoms with Crippen molar-refractivity contribution < 1.29 is 23.9 Å². The molecule has 0 spiro atoms. The van der Waals surface area contributed by atoms with Crippen LogP contribution in [-0.4, -0.2) is 61.2 Å². The number of hydrogen-bond donors (Lipinski definition) is 2. The van der Waals surface area contributed by atoms with Crippen LogP contribution in [0.1, 0.15) is 64.0 Å². The van der Waals surface area contributed by atoms with E-state index in [2.05, 4.69) is 22.8 Å². The average molecular weight is 476 g/mol. The molecule has 0 aliphatic carbocycles. The van der Waals surface area contributed by atoms with Crippen LogP contribution in [-0.2, 0) is 14.3 Å². The molecule has 1 fully saturated rings. The normalized spacial score (nSPS) is 16.0. The van der Waals surface area contributed by atoms with Gasteiger partial charge in [-0.05, 0) is 77.5 Å². The van der Waals surface area contributed by atoms with Crippen molar-refractivity contribution in [2.75, 3.05) is 32.8 Å². The highest BCUT2D eigenvalue weighted by Crippen LogP contribution is 2.20. The highest BCUT2D eigenvalue weighted by atomic mass is 16.6. The van der Waals surface area contributed by atoms with Crippen molar-refractivity contribution in [3.8, 4) is 5.75 Å². The lowest BCUT2D eigenvalue weighted by molar-refractivity contribution is -0.135. The number of nitrogens with zero attached hydrogens (tertiary/aromatic N) is 1. The minimum atomic E-state index is -0.557. The van der Waals surface area contributed by atoms with Gasteiger partial charge in [0.2, 0.25) is 11.8 Å². The van der Waals surface area contributed by atoms with Gasteiger partial charge in [0, 0.05) is 32.6 Å². The highest BCUT2D eigenvalue weighted by molar-refractivity contribution is 5.81. The molecule has 1 aromatic carbocycles. The van der Waals surface area contributed by atoms with Gasteiger partial charge in [0.25, 0.3) is 0 Å². The summed E-state index contributed by atoms with van der Waals surface area (Å²) in [6.45, 7) is 11.8. The third-order valence-electron chi connectivity index (χ3n) is 5.62. The van der Waals surface area contributed by atoms with E-state index >= 15 is 0 Å². The van der Waals surface area contributed by atoms with Crippen LogP contribution in [0, 0.1) is 19.8 Å². The van der Waals surface area contributed by atoms with E-state index in [9.17, 15) is 14.4 Å². The second kappa shape index (κ2) is 13.2. The Morgan fingerprint density at radius 3 is 2.56 bits per heavy atom. The van der Waals surface area contributed by atoms with Crippen molar-refractivity contribution in [1.29, 1.82) is 0 Å². The lowest BCUT2D eigenvalue weighted by atomic mass is 9.96. The van der Waals surface area contributed by atoms with E-state index in [0.717, 1.165) is 37.0 Å². The standard InChI is InChI=1S/C26H41N3O5/c1-19-11-12-20(2)22(17-19)33-16-7-6-10-23(30)29-15-8-9-21(18-29)24(31)27-13-14-28-25(32)34-26(3,4)5/h11-12,17,21H,6-10,13-16,18H2,1-5H3,(H,27,31)(H,28,32). The van der Waals surface area contributed by atoms with Gasteiger partial charge in [-0.15, -0.1) is 0 Å². The lowest BCUT2D eigenvalue weighted by Gasteiger charge is -2.32. The first-order chi connectivity index (χ1) is 16.0. The summed E-state index contributed by atoms with van der Waals surface area (Å²) in [5.74, 6) is 0.700. The van der Waals surface area contributed by atoms with Crippen molar-refractivity contribution in [3.63, 3.8) is 0 Å². The van der Waals surface area contributed by atoms with Gasteiger partial charge in [0.1, 0.15) is 11.4 Å². The summed E-state index contributed by atoms with van der Waals surface area (Å²) in [4.78, 5) is 38.6. The molecule has 0 bridgehead atoms. The molecule has 1 aromatic rings. The maximum atomic E-state index is 12.6. The minimum Gasteiger partial charge on any atom is -0.493 e. The average Bonchev–Trinajstić information content (AvgIpc) is 2.77. The van der Waals surface area contributed by atoms with Crippen LogP contribution in [0.3, 0.4) is 0 Å². The molecule has 8 nitrogen and oxygen atoms in total. The number of aryl methyl sites for hydroxylation is 2. The molecule has 0 radical (unpaired) electrons. The molecule has 1 aliphatic rings. The third kappa shape index (κ3) is 10.0. The monoisotopic (exact) mass is 475 g/mol. The summed E-state index contributed by atoms with van der Waals surface area (Å²) in [5.41, 5.74) is 1.72. The summed E-state index contributed by atoms with van der Waals surface area (Å²) in [6, 6.07) is 6.15. The molecule has 1 atom stereocenters. The van der Waals surface area contributed by atoms with Gasteiger partial charge in [-0.1, -0.05) is 12.1 Å². The van der Waals surface area contributed by atoms with Crippen LogP contribution in [0.4, 0.5) is 4.79 Å². The topological polar surface area (TPSA) is 97.0 Å².